The van der Waals surface area contributed by atoms with E-state index in [0.29, 0.717) is 21.3 Å². The zero-order chi connectivity index (χ0) is 21.1. The van der Waals surface area contributed by atoms with Crippen molar-refractivity contribution in [3.05, 3.63) is 75.8 Å². The molecule has 2 aromatic carbocycles. The van der Waals surface area contributed by atoms with Gasteiger partial charge in [0.05, 0.1) is 5.69 Å². The molecule has 3 rings (SSSR count). The predicted molar refractivity (Wildman–Crippen MR) is 114 cm³/mol. The fraction of sp³-hybridized carbons (Fsp3) is 0.273. The van der Waals surface area contributed by atoms with E-state index in [1.54, 1.807) is 29.2 Å². The van der Waals surface area contributed by atoms with Crippen molar-refractivity contribution in [2.75, 3.05) is 4.90 Å². The summed E-state index contributed by atoms with van der Waals surface area (Å²) in [4.78, 5) is 25.8. The Kier molecular flexibility index (Phi) is 6.63. The highest BCUT2D eigenvalue weighted by molar-refractivity contribution is 6.31. The monoisotopic (exact) mass is 433 g/mol. The van der Waals surface area contributed by atoms with Gasteiger partial charge in [-0.25, -0.2) is 4.79 Å². The van der Waals surface area contributed by atoms with Gasteiger partial charge < -0.3 is 14.7 Å². The molecule has 7 heteroatoms. The van der Waals surface area contributed by atoms with E-state index in [4.69, 9.17) is 33.0 Å². The van der Waals surface area contributed by atoms with Crippen LogP contribution in [0.2, 0.25) is 10.0 Å². The number of ether oxygens (including phenoxy) is 1. The van der Waals surface area contributed by atoms with E-state index in [1.165, 1.54) is 6.08 Å². The maximum absolute atomic E-state index is 13.3. The number of fused-ring (bicyclic) bond motifs is 1. The van der Waals surface area contributed by atoms with Crippen LogP contribution in [-0.2, 0) is 14.3 Å². The summed E-state index contributed by atoms with van der Waals surface area (Å²) in [5, 5.41) is 9.91. The Bertz CT molecular complexity index is 958. The van der Waals surface area contributed by atoms with Gasteiger partial charge in [0.1, 0.15) is 12.2 Å². The molecule has 0 saturated heterocycles. The summed E-state index contributed by atoms with van der Waals surface area (Å²) < 4.78 is 6.26. The van der Waals surface area contributed by atoms with Crippen molar-refractivity contribution in [3.8, 4) is 0 Å². The molecule has 1 aliphatic heterocycles. The molecule has 2 atom stereocenters. The van der Waals surface area contributed by atoms with Gasteiger partial charge in [-0.3, -0.25) is 4.79 Å². The third-order valence-electron chi connectivity index (χ3n) is 4.66. The van der Waals surface area contributed by atoms with Gasteiger partial charge in [0.2, 0.25) is 0 Å². The normalized spacial score (nSPS) is 19.5. The molecule has 5 nitrogen and oxygen atoms in total. The van der Waals surface area contributed by atoms with Crippen molar-refractivity contribution >= 4 is 40.8 Å². The molecule has 0 bridgehead atoms. The molecule has 0 aliphatic carbocycles. The highest BCUT2D eigenvalue weighted by Gasteiger charge is 2.37. The van der Waals surface area contributed by atoms with Gasteiger partial charge in [-0.1, -0.05) is 47.5 Å². The number of halogens is 2. The number of anilines is 1. The molecule has 0 unspecified atom stereocenters. The maximum Gasteiger partial charge on any atom is 0.327 e. The highest BCUT2D eigenvalue weighted by atomic mass is 35.5. The highest BCUT2D eigenvalue weighted by Crippen LogP contribution is 2.42. The Morgan fingerprint density at radius 3 is 2.59 bits per heavy atom. The Hall–Kier alpha value is -2.34. The first kappa shape index (κ1) is 21.4. The summed E-state index contributed by atoms with van der Waals surface area (Å²) in [7, 11) is 0. The summed E-state index contributed by atoms with van der Waals surface area (Å²) in [5.41, 5.74) is 2.14. The number of hydrogen-bond donors (Lipinski definition) is 1. The molecule has 0 saturated carbocycles. The minimum Gasteiger partial charge on any atom is -0.478 e. The lowest BCUT2D eigenvalue weighted by Gasteiger charge is -2.28. The van der Waals surface area contributed by atoms with Crippen molar-refractivity contribution < 1.29 is 19.4 Å². The fourth-order valence-corrected chi connectivity index (χ4v) is 3.85. The SMILES string of the molecule is CC(C)N1C(=O)[C@H](CC=CC(=O)O)O[C@@H](c2ccccc2Cl)c2cc(Cl)ccc21. The minimum absolute atomic E-state index is 0.122. The molecule has 0 fully saturated rings. The second kappa shape index (κ2) is 8.99. The Morgan fingerprint density at radius 1 is 1.21 bits per heavy atom. The van der Waals surface area contributed by atoms with E-state index in [0.717, 1.165) is 11.6 Å². The van der Waals surface area contributed by atoms with Crippen LogP contribution in [0.15, 0.2) is 54.6 Å². The topological polar surface area (TPSA) is 66.8 Å². The van der Waals surface area contributed by atoms with Crippen LogP contribution in [0, 0.1) is 0 Å². The summed E-state index contributed by atoms with van der Waals surface area (Å²) in [6, 6.07) is 12.5. The number of carbonyl (C=O) groups excluding carboxylic acids is 1. The Morgan fingerprint density at radius 2 is 1.93 bits per heavy atom. The first-order valence-electron chi connectivity index (χ1n) is 9.21. The van der Waals surface area contributed by atoms with Crippen LogP contribution >= 0.6 is 23.2 Å². The van der Waals surface area contributed by atoms with Gasteiger partial charge in [0, 0.05) is 39.7 Å². The summed E-state index contributed by atoms with van der Waals surface area (Å²) >= 11 is 12.7. The number of nitrogens with zero attached hydrogens (tertiary/aromatic N) is 1. The van der Waals surface area contributed by atoms with Crippen molar-refractivity contribution in [1.82, 2.24) is 0 Å². The van der Waals surface area contributed by atoms with Crippen molar-refractivity contribution in [1.29, 1.82) is 0 Å². The zero-order valence-electron chi connectivity index (χ0n) is 16.0. The molecule has 29 heavy (non-hydrogen) atoms. The van der Waals surface area contributed by atoms with Gasteiger partial charge in [0.25, 0.3) is 5.91 Å². The largest absolute Gasteiger partial charge is 0.478 e. The number of aliphatic carboxylic acids is 1. The predicted octanol–water partition coefficient (Wildman–Crippen LogP) is 5.25. The first-order chi connectivity index (χ1) is 13.8. The average molecular weight is 434 g/mol. The van der Waals surface area contributed by atoms with Crippen LogP contribution in [0.4, 0.5) is 5.69 Å². The lowest BCUT2D eigenvalue weighted by Crippen LogP contribution is -2.43. The zero-order valence-corrected chi connectivity index (χ0v) is 17.5. The van der Waals surface area contributed by atoms with Crippen LogP contribution in [-0.4, -0.2) is 29.1 Å². The molecule has 1 aliphatic rings. The fourth-order valence-electron chi connectivity index (χ4n) is 3.43. The second-order valence-corrected chi connectivity index (χ2v) is 7.85. The minimum atomic E-state index is -1.08. The van der Waals surface area contributed by atoms with Crippen LogP contribution < -0.4 is 4.90 Å². The Labute approximate surface area is 179 Å². The third kappa shape index (κ3) is 4.64. The van der Waals surface area contributed by atoms with Crippen LogP contribution in [0.25, 0.3) is 0 Å². The number of benzene rings is 2. The van der Waals surface area contributed by atoms with Gasteiger partial charge in [0.15, 0.2) is 0 Å². The van der Waals surface area contributed by atoms with E-state index in [9.17, 15) is 9.59 Å². The van der Waals surface area contributed by atoms with Gasteiger partial charge >= 0.3 is 5.97 Å². The Balaban J connectivity index is 2.16. The van der Waals surface area contributed by atoms with Gasteiger partial charge in [-0.15, -0.1) is 0 Å². The van der Waals surface area contributed by atoms with Crippen LogP contribution in [0.1, 0.15) is 37.5 Å². The lowest BCUT2D eigenvalue weighted by atomic mass is 9.99. The van der Waals surface area contributed by atoms with E-state index < -0.39 is 18.2 Å². The van der Waals surface area contributed by atoms with Crippen molar-refractivity contribution in [2.24, 2.45) is 0 Å². The molecule has 1 N–H and O–H groups in total. The number of carboxylic acids is 1. The molecular formula is C22H21Cl2NO4. The lowest BCUT2D eigenvalue weighted by molar-refractivity contribution is -0.133. The van der Waals surface area contributed by atoms with E-state index in [-0.39, 0.29) is 18.4 Å². The number of hydrogen-bond acceptors (Lipinski definition) is 3. The molecule has 1 heterocycles. The smallest absolute Gasteiger partial charge is 0.327 e. The van der Waals surface area contributed by atoms with Crippen LogP contribution in [0.3, 0.4) is 0 Å². The van der Waals surface area contributed by atoms with E-state index in [1.807, 2.05) is 32.0 Å². The van der Waals surface area contributed by atoms with Gasteiger partial charge in [-0.05, 0) is 38.1 Å². The molecular weight excluding hydrogens is 413 g/mol. The molecule has 1 amide bonds. The van der Waals surface area contributed by atoms with Crippen molar-refractivity contribution in [3.63, 3.8) is 0 Å². The van der Waals surface area contributed by atoms with E-state index >= 15 is 0 Å². The molecule has 0 spiro atoms. The number of carbonyl (C=O) groups is 2. The first-order valence-corrected chi connectivity index (χ1v) is 9.97. The van der Waals surface area contributed by atoms with Crippen molar-refractivity contribution in [2.45, 2.75) is 38.5 Å². The summed E-state index contributed by atoms with van der Waals surface area (Å²) in [6.45, 7) is 3.83. The molecule has 0 radical (unpaired) electrons. The maximum atomic E-state index is 13.3. The summed E-state index contributed by atoms with van der Waals surface area (Å²) in [5.74, 6) is -1.32. The van der Waals surface area contributed by atoms with E-state index in [2.05, 4.69) is 0 Å². The quantitative estimate of drug-likeness (QED) is 0.653. The standard InChI is InChI=1S/C22H21Cl2NO4/c1-13(2)25-18-11-10-14(23)12-16(18)21(15-6-3-4-7-17(15)24)29-19(22(25)28)8-5-9-20(26)27/h3-7,9-13,19,21H,8H2,1-2H3,(H,26,27)/t19-,21-/m0/s1. The molecule has 0 aromatic heterocycles. The van der Waals surface area contributed by atoms with Gasteiger partial charge in [-0.2, -0.15) is 0 Å². The molecule has 2 aromatic rings. The summed E-state index contributed by atoms with van der Waals surface area (Å²) in [6.07, 6.45) is 1.05. The number of carboxylic acid groups (broad SMARTS) is 1. The molecule has 152 valence electrons. The van der Waals surface area contributed by atoms with Crippen LogP contribution in [0.5, 0.6) is 0 Å². The number of rotatable bonds is 5. The third-order valence-corrected chi connectivity index (χ3v) is 5.24. The number of amides is 1. The second-order valence-electron chi connectivity index (χ2n) is 7.01. The average Bonchev–Trinajstić information content (AvgIpc) is 2.77.